The Bertz CT molecular complexity index is 1120. The van der Waals surface area contributed by atoms with Crippen LogP contribution in [-0.4, -0.2) is 20.9 Å². The normalized spacial score (nSPS) is 31.1. The van der Waals surface area contributed by atoms with Crippen molar-refractivity contribution in [2.45, 2.75) is 50.5 Å². The van der Waals surface area contributed by atoms with E-state index < -0.39 is 22.9 Å². The van der Waals surface area contributed by atoms with Crippen LogP contribution in [0.5, 0.6) is 0 Å². The molecule has 1 aromatic heterocycles. The van der Waals surface area contributed by atoms with Crippen molar-refractivity contribution in [3.05, 3.63) is 50.6 Å². The summed E-state index contributed by atoms with van der Waals surface area (Å²) in [5, 5.41) is 16.9. The van der Waals surface area contributed by atoms with Crippen LogP contribution in [0.2, 0.25) is 10.0 Å². The zero-order chi connectivity index (χ0) is 22.0. The fourth-order valence-electron chi connectivity index (χ4n) is 6.76. The van der Waals surface area contributed by atoms with E-state index in [0.29, 0.717) is 29.6 Å². The predicted molar refractivity (Wildman–Crippen MR) is 116 cm³/mol. The average Bonchev–Trinajstić information content (AvgIpc) is 2.66. The number of nitrogens with zero attached hydrogens (tertiary/aromatic N) is 2. The van der Waals surface area contributed by atoms with Gasteiger partial charge in [-0.3, -0.25) is 9.59 Å². The number of anilines is 2. The van der Waals surface area contributed by atoms with Gasteiger partial charge >= 0.3 is 5.97 Å². The summed E-state index contributed by atoms with van der Waals surface area (Å²) in [6.45, 7) is 0. The second-order valence-corrected chi connectivity index (χ2v) is 10.4. The second-order valence-electron chi connectivity index (χ2n) is 9.60. The molecule has 4 fully saturated rings. The molecule has 2 atom stereocenters. The van der Waals surface area contributed by atoms with Crippen LogP contribution in [0.1, 0.15) is 44.9 Å². The van der Waals surface area contributed by atoms with Crippen LogP contribution in [0.25, 0.3) is 0 Å². The molecular weight excluding hydrogens is 444 g/mol. The summed E-state index contributed by atoms with van der Waals surface area (Å²) < 4.78 is 14.9. The van der Waals surface area contributed by atoms with Crippen molar-refractivity contribution in [2.24, 2.45) is 17.3 Å². The molecule has 0 saturated heterocycles. The summed E-state index contributed by atoms with van der Waals surface area (Å²) in [5.41, 5.74) is -0.353. The number of carboxylic acid groups (broad SMARTS) is 1. The Hall–Kier alpha value is -2.12. The van der Waals surface area contributed by atoms with Gasteiger partial charge < -0.3 is 10.4 Å². The Morgan fingerprint density at radius 3 is 2.61 bits per heavy atom. The zero-order valence-corrected chi connectivity index (χ0v) is 18.2. The van der Waals surface area contributed by atoms with Crippen LogP contribution >= 0.6 is 23.2 Å². The van der Waals surface area contributed by atoms with Gasteiger partial charge in [-0.2, -0.15) is 5.10 Å². The smallest absolute Gasteiger partial charge is 0.303 e. The number of aliphatic carboxylic acids is 1. The minimum Gasteiger partial charge on any atom is -0.481 e. The van der Waals surface area contributed by atoms with E-state index in [-0.39, 0.29) is 21.9 Å². The van der Waals surface area contributed by atoms with Gasteiger partial charge in [-0.25, -0.2) is 9.07 Å². The minimum absolute atomic E-state index is 0.00141. The van der Waals surface area contributed by atoms with Gasteiger partial charge in [0.2, 0.25) is 0 Å². The van der Waals surface area contributed by atoms with Crippen LogP contribution in [0.15, 0.2) is 29.2 Å². The van der Waals surface area contributed by atoms with Crippen molar-refractivity contribution in [1.82, 2.24) is 9.78 Å². The molecule has 1 aromatic carbocycles. The summed E-state index contributed by atoms with van der Waals surface area (Å²) >= 11 is 12.3. The monoisotopic (exact) mass is 465 g/mol. The van der Waals surface area contributed by atoms with Gasteiger partial charge in [0.05, 0.1) is 28.9 Å². The number of halogens is 3. The standard InChI is InChI=1S/C22H22Cl2FN3O3/c23-15-4-14(1-2-16(15)25)27-17-10-26-28(20(31)19(17)24)22-7-12-3-13(8-22)6-21(5-12,11-22)9-18(29)30/h1-2,4,10,12-13,27H,3,5-9,11H2,(H,29,30). The number of hydrogen-bond donors (Lipinski definition) is 2. The molecule has 4 saturated carbocycles. The number of carboxylic acids is 1. The third kappa shape index (κ3) is 3.52. The van der Waals surface area contributed by atoms with Crippen molar-refractivity contribution >= 4 is 40.5 Å². The topological polar surface area (TPSA) is 84.2 Å². The van der Waals surface area contributed by atoms with E-state index in [1.54, 1.807) is 0 Å². The van der Waals surface area contributed by atoms with E-state index in [2.05, 4.69) is 10.4 Å². The highest BCUT2D eigenvalue weighted by atomic mass is 35.5. The molecule has 9 heteroatoms. The lowest BCUT2D eigenvalue weighted by atomic mass is 9.46. The van der Waals surface area contributed by atoms with Crippen molar-refractivity contribution in [3.8, 4) is 0 Å². The zero-order valence-electron chi connectivity index (χ0n) is 16.7. The molecule has 0 amide bonds. The molecule has 164 valence electrons. The van der Waals surface area contributed by atoms with Crippen molar-refractivity contribution in [2.75, 3.05) is 5.32 Å². The maximum Gasteiger partial charge on any atom is 0.303 e. The Morgan fingerprint density at radius 1 is 1.26 bits per heavy atom. The molecular formula is C22H22Cl2FN3O3. The first kappa shape index (κ1) is 20.8. The highest BCUT2D eigenvalue weighted by Gasteiger charge is 2.59. The summed E-state index contributed by atoms with van der Waals surface area (Å²) in [6, 6.07) is 4.13. The third-order valence-corrected chi connectivity index (χ3v) is 7.90. The van der Waals surface area contributed by atoms with Crippen molar-refractivity contribution < 1.29 is 14.3 Å². The molecule has 31 heavy (non-hydrogen) atoms. The number of benzene rings is 1. The van der Waals surface area contributed by atoms with E-state index in [1.807, 2.05) is 0 Å². The highest BCUT2D eigenvalue weighted by molar-refractivity contribution is 6.33. The molecule has 6 rings (SSSR count). The summed E-state index contributed by atoms with van der Waals surface area (Å²) in [4.78, 5) is 24.8. The van der Waals surface area contributed by atoms with Gasteiger partial charge in [0, 0.05) is 5.69 Å². The highest BCUT2D eigenvalue weighted by Crippen LogP contribution is 2.65. The molecule has 4 aliphatic carbocycles. The lowest BCUT2D eigenvalue weighted by Crippen LogP contribution is -2.59. The van der Waals surface area contributed by atoms with Crippen molar-refractivity contribution in [1.29, 1.82) is 0 Å². The van der Waals surface area contributed by atoms with E-state index in [0.717, 1.165) is 32.1 Å². The molecule has 1 heterocycles. The van der Waals surface area contributed by atoms with Crippen LogP contribution in [0.4, 0.5) is 15.8 Å². The average molecular weight is 466 g/mol. The van der Waals surface area contributed by atoms with Gasteiger partial charge in [-0.05, 0) is 74.0 Å². The molecule has 0 radical (unpaired) electrons. The molecule has 2 unspecified atom stereocenters. The number of hydrogen-bond acceptors (Lipinski definition) is 4. The molecule has 6 nitrogen and oxygen atoms in total. The molecule has 0 spiro atoms. The van der Waals surface area contributed by atoms with E-state index in [9.17, 15) is 19.1 Å². The quantitative estimate of drug-likeness (QED) is 0.633. The predicted octanol–water partition coefficient (Wildman–Crippen LogP) is 5.20. The minimum atomic E-state index is -0.784. The Balaban J connectivity index is 1.49. The first-order valence-electron chi connectivity index (χ1n) is 10.4. The van der Waals surface area contributed by atoms with Crippen LogP contribution in [0, 0.1) is 23.1 Å². The molecule has 2 N–H and O–H groups in total. The Labute approximate surface area is 188 Å². The fourth-order valence-corrected chi connectivity index (χ4v) is 7.12. The van der Waals surface area contributed by atoms with Crippen molar-refractivity contribution in [3.63, 3.8) is 0 Å². The first-order valence-corrected chi connectivity index (χ1v) is 11.2. The molecule has 0 aliphatic heterocycles. The summed E-state index contributed by atoms with van der Waals surface area (Å²) in [6.07, 6.45) is 6.84. The SMILES string of the molecule is O=C(O)CC12CC3CC(C1)CC(n1ncc(Nc4ccc(F)c(Cl)c4)c(Cl)c1=O)(C3)C2. The maximum atomic E-state index is 13.4. The molecule has 4 aliphatic rings. The van der Waals surface area contributed by atoms with E-state index >= 15 is 0 Å². The van der Waals surface area contributed by atoms with E-state index in [4.69, 9.17) is 23.2 Å². The lowest BCUT2D eigenvalue weighted by molar-refractivity contribution is -0.151. The number of rotatable bonds is 5. The Kier molecular flexibility index (Phi) is 4.83. The number of aromatic nitrogens is 2. The first-order chi connectivity index (χ1) is 14.7. The summed E-state index contributed by atoms with van der Waals surface area (Å²) in [7, 11) is 0. The van der Waals surface area contributed by atoms with E-state index in [1.165, 1.54) is 29.1 Å². The van der Waals surface area contributed by atoms with Gasteiger partial charge in [0.15, 0.2) is 0 Å². The molecule has 2 aromatic rings. The van der Waals surface area contributed by atoms with Gasteiger partial charge in [0.1, 0.15) is 10.8 Å². The summed E-state index contributed by atoms with van der Waals surface area (Å²) in [5.74, 6) is -0.503. The van der Waals surface area contributed by atoms with Crippen LogP contribution in [0.3, 0.4) is 0 Å². The fraction of sp³-hybridized carbons (Fsp3) is 0.500. The van der Waals surface area contributed by atoms with Gasteiger partial charge in [0.25, 0.3) is 5.56 Å². The largest absolute Gasteiger partial charge is 0.481 e. The molecule has 4 bridgehead atoms. The number of nitrogens with one attached hydrogen (secondary N) is 1. The Morgan fingerprint density at radius 2 is 1.97 bits per heavy atom. The number of carbonyl (C=O) groups is 1. The maximum absolute atomic E-state index is 13.4. The third-order valence-electron chi connectivity index (χ3n) is 7.24. The van der Waals surface area contributed by atoms with Gasteiger partial charge in [-0.1, -0.05) is 23.2 Å². The van der Waals surface area contributed by atoms with Gasteiger partial charge in [-0.15, -0.1) is 0 Å². The van der Waals surface area contributed by atoms with Crippen LogP contribution in [-0.2, 0) is 10.3 Å². The lowest BCUT2D eigenvalue weighted by Gasteiger charge is -2.61. The second kappa shape index (κ2) is 7.20. The van der Waals surface area contributed by atoms with Crippen LogP contribution < -0.4 is 10.9 Å².